The summed E-state index contributed by atoms with van der Waals surface area (Å²) in [6.45, 7) is 8.41. The minimum absolute atomic E-state index is 0.0677. The Hall–Kier alpha value is -3.39. The number of rotatable bonds is 11. The maximum atomic E-state index is 15.3. The smallest absolute Gasteiger partial charge is 0.309 e. The zero-order valence-electron chi connectivity index (χ0n) is 24.9. The van der Waals surface area contributed by atoms with Gasteiger partial charge in [0.15, 0.2) is 0 Å². The highest BCUT2D eigenvalue weighted by molar-refractivity contribution is 7.90. The highest BCUT2D eigenvalue weighted by Gasteiger charge is 2.45. The lowest BCUT2D eigenvalue weighted by atomic mass is 9.90. The number of sulfone groups is 1. The Labute approximate surface area is 248 Å². The van der Waals surface area contributed by atoms with E-state index in [4.69, 9.17) is 14.2 Å². The summed E-state index contributed by atoms with van der Waals surface area (Å²) in [5.74, 6) is 1.04. The monoisotopic (exact) mass is 594 g/mol. The Bertz CT molecular complexity index is 1560. The second kappa shape index (κ2) is 12.1. The highest BCUT2D eigenvalue weighted by atomic mass is 32.2. The van der Waals surface area contributed by atoms with Crippen LogP contribution in [0.4, 0.5) is 4.39 Å². The molecule has 0 spiro atoms. The van der Waals surface area contributed by atoms with E-state index in [2.05, 4.69) is 0 Å². The summed E-state index contributed by atoms with van der Waals surface area (Å²) in [4.78, 5) is 12.0. The fourth-order valence-corrected chi connectivity index (χ4v) is 7.42. The van der Waals surface area contributed by atoms with Gasteiger partial charge in [-0.1, -0.05) is 25.1 Å². The second-order valence-electron chi connectivity index (χ2n) is 11.8. The van der Waals surface area contributed by atoms with E-state index in [9.17, 15) is 13.2 Å². The SMILES string of the molecule is CCOC(=O)[C@H]1C[C@@H]1c1ccc(O[C@@H]2CCc3c(-c4c(C)cc(OCC(C)CS(C)(=O)=O)cc4C)ccc(F)c32)cc1. The molecule has 1 fully saturated rings. The molecular weight excluding hydrogens is 555 g/mol. The molecule has 0 amide bonds. The van der Waals surface area contributed by atoms with Gasteiger partial charge in [0, 0.05) is 17.7 Å². The number of carbonyl (C=O) groups is 1. The summed E-state index contributed by atoms with van der Waals surface area (Å²) >= 11 is 0. The number of carbonyl (C=O) groups excluding carboxylic acids is 1. The van der Waals surface area contributed by atoms with E-state index in [1.54, 1.807) is 0 Å². The van der Waals surface area contributed by atoms with Crippen LogP contribution >= 0.6 is 0 Å². The molecule has 2 aliphatic rings. The molecule has 5 rings (SSSR count). The van der Waals surface area contributed by atoms with E-state index in [1.165, 1.54) is 12.3 Å². The molecule has 3 aromatic rings. The minimum atomic E-state index is -3.07. The van der Waals surface area contributed by atoms with Gasteiger partial charge in [0.1, 0.15) is 33.3 Å². The van der Waals surface area contributed by atoms with Crippen molar-refractivity contribution in [1.82, 2.24) is 0 Å². The third-order valence-corrected chi connectivity index (χ3v) is 9.32. The van der Waals surface area contributed by atoms with Gasteiger partial charge in [0.05, 0.1) is 24.9 Å². The van der Waals surface area contributed by atoms with Crippen LogP contribution in [0.2, 0.25) is 0 Å². The van der Waals surface area contributed by atoms with Gasteiger partial charge in [0.2, 0.25) is 0 Å². The number of aryl methyl sites for hydroxylation is 2. The molecule has 4 atom stereocenters. The van der Waals surface area contributed by atoms with Crippen molar-refractivity contribution in [1.29, 1.82) is 0 Å². The summed E-state index contributed by atoms with van der Waals surface area (Å²) in [6.07, 6.45) is 3.03. The molecule has 0 radical (unpaired) electrons. The molecular formula is C34H39FO6S. The van der Waals surface area contributed by atoms with E-state index < -0.39 is 15.9 Å². The molecule has 0 aromatic heterocycles. The second-order valence-corrected chi connectivity index (χ2v) is 14.0. The van der Waals surface area contributed by atoms with Crippen LogP contribution < -0.4 is 9.47 Å². The van der Waals surface area contributed by atoms with Gasteiger partial charge in [-0.05, 0) is 110 Å². The van der Waals surface area contributed by atoms with E-state index in [-0.39, 0.29) is 35.3 Å². The van der Waals surface area contributed by atoms with Crippen molar-refractivity contribution >= 4 is 15.8 Å². The van der Waals surface area contributed by atoms with E-state index in [0.29, 0.717) is 43.1 Å². The molecule has 1 saturated carbocycles. The van der Waals surface area contributed by atoms with E-state index in [1.807, 2.05) is 70.2 Å². The predicted octanol–water partition coefficient (Wildman–Crippen LogP) is 6.90. The fourth-order valence-electron chi connectivity index (χ4n) is 6.29. The van der Waals surface area contributed by atoms with Crippen molar-refractivity contribution in [3.63, 3.8) is 0 Å². The van der Waals surface area contributed by atoms with Crippen LogP contribution in [0.25, 0.3) is 11.1 Å². The predicted molar refractivity (Wildman–Crippen MR) is 161 cm³/mol. The lowest BCUT2D eigenvalue weighted by molar-refractivity contribution is -0.144. The zero-order valence-corrected chi connectivity index (χ0v) is 25.7. The van der Waals surface area contributed by atoms with Crippen LogP contribution in [0.1, 0.15) is 66.5 Å². The number of hydrogen-bond donors (Lipinski definition) is 0. The van der Waals surface area contributed by atoms with Gasteiger partial charge in [0.25, 0.3) is 0 Å². The average Bonchev–Trinajstić information content (AvgIpc) is 3.61. The normalized spacial score (nSPS) is 20.1. The first-order valence-electron chi connectivity index (χ1n) is 14.6. The molecule has 8 heteroatoms. The maximum absolute atomic E-state index is 15.3. The molecule has 42 heavy (non-hydrogen) atoms. The van der Waals surface area contributed by atoms with Crippen LogP contribution in [0, 0.1) is 31.5 Å². The van der Waals surface area contributed by atoms with Crippen molar-refractivity contribution in [3.05, 3.63) is 82.2 Å². The first-order valence-corrected chi connectivity index (χ1v) is 16.7. The number of halogens is 1. The van der Waals surface area contributed by atoms with Crippen molar-refractivity contribution in [2.75, 3.05) is 25.2 Å². The van der Waals surface area contributed by atoms with E-state index >= 15 is 4.39 Å². The Morgan fingerprint density at radius 3 is 2.38 bits per heavy atom. The van der Waals surface area contributed by atoms with Crippen LogP contribution in [0.15, 0.2) is 48.5 Å². The third-order valence-electron chi connectivity index (χ3n) is 8.15. The lowest BCUT2D eigenvalue weighted by Gasteiger charge is -2.19. The minimum Gasteiger partial charge on any atom is -0.493 e. The van der Waals surface area contributed by atoms with Crippen molar-refractivity contribution in [3.8, 4) is 22.6 Å². The molecule has 0 heterocycles. The molecule has 3 aromatic carbocycles. The van der Waals surface area contributed by atoms with Gasteiger partial charge < -0.3 is 14.2 Å². The summed E-state index contributed by atoms with van der Waals surface area (Å²) in [7, 11) is -3.07. The first-order chi connectivity index (χ1) is 19.9. The lowest BCUT2D eigenvalue weighted by Crippen LogP contribution is -2.18. The largest absolute Gasteiger partial charge is 0.493 e. The topological polar surface area (TPSA) is 78.9 Å². The first kappa shape index (κ1) is 30.1. The summed E-state index contributed by atoms with van der Waals surface area (Å²) in [5, 5.41) is 0. The average molecular weight is 595 g/mol. The molecule has 1 unspecified atom stereocenters. The number of hydrogen-bond acceptors (Lipinski definition) is 6. The molecule has 0 bridgehead atoms. The van der Waals surface area contributed by atoms with Crippen LogP contribution in [-0.4, -0.2) is 39.6 Å². The van der Waals surface area contributed by atoms with Crippen LogP contribution in [0.3, 0.4) is 0 Å². The number of fused-ring (bicyclic) bond motifs is 1. The molecule has 0 saturated heterocycles. The Morgan fingerprint density at radius 2 is 1.74 bits per heavy atom. The van der Waals surface area contributed by atoms with Gasteiger partial charge >= 0.3 is 5.97 Å². The maximum Gasteiger partial charge on any atom is 0.309 e. The van der Waals surface area contributed by atoms with Gasteiger partial charge in [-0.25, -0.2) is 12.8 Å². The Kier molecular flexibility index (Phi) is 8.65. The van der Waals surface area contributed by atoms with Crippen molar-refractivity contribution in [2.24, 2.45) is 11.8 Å². The molecule has 6 nitrogen and oxygen atoms in total. The van der Waals surface area contributed by atoms with Crippen molar-refractivity contribution in [2.45, 2.75) is 59.0 Å². The quantitative estimate of drug-likeness (QED) is 0.225. The van der Waals surface area contributed by atoms with Crippen molar-refractivity contribution < 1.29 is 31.8 Å². The zero-order chi connectivity index (χ0) is 30.2. The summed E-state index contributed by atoms with van der Waals surface area (Å²) < 4.78 is 55.9. The molecule has 0 aliphatic heterocycles. The fraction of sp³-hybridized carbons (Fsp3) is 0.441. The Balaban J connectivity index is 1.31. The van der Waals surface area contributed by atoms with Crippen LogP contribution in [0.5, 0.6) is 11.5 Å². The summed E-state index contributed by atoms with van der Waals surface area (Å²) in [5.41, 5.74) is 6.73. The highest BCUT2D eigenvalue weighted by Crippen LogP contribution is 2.49. The molecule has 224 valence electrons. The number of esters is 1. The van der Waals surface area contributed by atoms with Gasteiger partial charge in [-0.3, -0.25) is 4.79 Å². The summed E-state index contributed by atoms with van der Waals surface area (Å²) in [6, 6.07) is 15.1. The third kappa shape index (κ3) is 6.64. The van der Waals surface area contributed by atoms with Gasteiger partial charge in [-0.2, -0.15) is 0 Å². The standard InChI is InChI=1S/C34H39FO6S/c1-6-39-34(36)29-17-28(29)23-7-9-24(10-8-23)41-31-14-12-27-26(11-13-30(35)33(27)31)32-21(3)15-25(16-22(32)4)40-18-20(2)19-42(5,37)38/h7-11,13,15-16,20,28-29,31H,6,12,14,17-19H2,1-5H3/t20?,28-,29+,31-/m1/s1. The van der Waals surface area contributed by atoms with Gasteiger partial charge in [-0.15, -0.1) is 0 Å². The number of ether oxygens (including phenoxy) is 3. The molecule has 0 N–H and O–H groups in total. The van der Waals surface area contributed by atoms with Crippen LogP contribution in [-0.2, 0) is 25.8 Å². The Morgan fingerprint density at radius 1 is 1.05 bits per heavy atom. The molecule has 2 aliphatic carbocycles. The number of benzene rings is 3. The van der Waals surface area contributed by atoms with E-state index in [0.717, 1.165) is 39.8 Å².